The smallest absolute Gasteiger partial charge is 0.267 e. The normalized spacial score (nSPS) is 11.6. The third-order valence-electron chi connectivity index (χ3n) is 3.54. The van der Waals surface area contributed by atoms with Crippen LogP contribution in [0.25, 0.3) is 10.2 Å². The van der Waals surface area contributed by atoms with Crippen LogP contribution < -0.4 is 5.56 Å². The summed E-state index contributed by atoms with van der Waals surface area (Å²) in [5.74, 6) is 0.573. The van der Waals surface area contributed by atoms with E-state index in [1.807, 2.05) is 26.0 Å². The molecule has 0 radical (unpaired) electrons. The van der Waals surface area contributed by atoms with Crippen LogP contribution in [0, 0.1) is 20.8 Å². The summed E-state index contributed by atoms with van der Waals surface area (Å²) in [6, 6.07) is 7.26. The molecular formula is C16H14ClN3OS. The summed E-state index contributed by atoms with van der Waals surface area (Å²) in [6.45, 7) is 5.72. The minimum absolute atomic E-state index is 0.130. The SMILES string of the molecule is Cc1sc2nc(C)n(/N=C\c3ccc(Cl)cc3)c(=O)c2c1C. The molecule has 2 aromatic heterocycles. The monoisotopic (exact) mass is 331 g/mol. The second-order valence-corrected chi connectivity index (χ2v) is 6.68. The summed E-state index contributed by atoms with van der Waals surface area (Å²) in [4.78, 5) is 19.0. The molecule has 0 aliphatic heterocycles. The molecule has 0 saturated heterocycles. The van der Waals surface area contributed by atoms with Crippen LogP contribution in [0.15, 0.2) is 34.2 Å². The molecule has 0 atom stereocenters. The van der Waals surface area contributed by atoms with E-state index in [4.69, 9.17) is 11.6 Å². The number of hydrogen-bond donors (Lipinski definition) is 0. The van der Waals surface area contributed by atoms with Gasteiger partial charge in [0.1, 0.15) is 10.7 Å². The van der Waals surface area contributed by atoms with E-state index in [1.54, 1.807) is 36.6 Å². The van der Waals surface area contributed by atoms with Crippen LogP contribution in [0.5, 0.6) is 0 Å². The number of aryl methyl sites for hydroxylation is 3. The zero-order chi connectivity index (χ0) is 15.9. The molecule has 0 spiro atoms. The van der Waals surface area contributed by atoms with E-state index in [0.29, 0.717) is 16.2 Å². The van der Waals surface area contributed by atoms with Crippen molar-refractivity contribution in [3.05, 3.63) is 61.5 Å². The Labute approximate surface area is 136 Å². The third kappa shape index (κ3) is 2.58. The molecule has 2 heterocycles. The maximum absolute atomic E-state index is 12.7. The van der Waals surface area contributed by atoms with Crippen LogP contribution in [0.1, 0.15) is 21.8 Å². The van der Waals surface area contributed by atoms with Crippen molar-refractivity contribution < 1.29 is 0 Å². The van der Waals surface area contributed by atoms with Gasteiger partial charge in [0.25, 0.3) is 5.56 Å². The predicted molar refractivity (Wildman–Crippen MR) is 92.5 cm³/mol. The average molecular weight is 332 g/mol. The van der Waals surface area contributed by atoms with Crippen LogP contribution in [0.4, 0.5) is 0 Å². The van der Waals surface area contributed by atoms with E-state index in [2.05, 4.69) is 10.1 Å². The number of benzene rings is 1. The van der Waals surface area contributed by atoms with Gasteiger partial charge in [0.2, 0.25) is 0 Å². The Balaban J connectivity index is 2.12. The summed E-state index contributed by atoms with van der Waals surface area (Å²) in [5, 5.41) is 5.60. The van der Waals surface area contributed by atoms with E-state index in [-0.39, 0.29) is 5.56 Å². The Bertz CT molecular complexity index is 939. The maximum Gasteiger partial charge on any atom is 0.283 e. The minimum atomic E-state index is -0.130. The number of nitrogens with zero attached hydrogens (tertiary/aromatic N) is 3. The standard InChI is InChI=1S/C16H14ClN3OS/c1-9-10(2)22-15-14(9)16(21)20(11(3)19-15)18-8-12-4-6-13(17)7-5-12/h4-8H,1-3H3/b18-8-. The van der Waals surface area contributed by atoms with Gasteiger partial charge in [0.15, 0.2) is 0 Å². The Morgan fingerprint density at radius 1 is 1.23 bits per heavy atom. The van der Waals surface area contributed by atoms with Gasteiger partial charge in [-0.3, -0.25) is 4.79 Å². The first-order valence-corrected chi connectivity index (χ1v) is 7.96. The summed E-state index contributed by atoms with van der Waals surface area (Å²) in [7, 11) is 0. The molecule has 6 heteroatoms. The first-order valence-electron chi connectivity index (χ1n) is 6.76. The lowest BCUT2D eigenvalue weighted by molar-refractivity contribution is 0.772. The Morgan fingerprint density at radius 3 is 2.59 bits per heavy atom. The van der Waals surface area contributed by atoms with E-state index in [9.17, 15) is 4.79 Å². The van der Waals surface area contributed by atoms with E-state index < -0.39 is 0 Å². The molecule has 0 amide bonds. The fourth-order valence-electron chi connectivity index (χ4n) is 2.20. The zero-order valence-corrected chi connectivity index (χ0v) is 14.0. The predicted octanol–water partition coefficient (Wildman–Crippen LogP) is 3.92. The quantitative estimate of drug-likeness (QED) is 0.668. The molecule has 0 aliphatic carbocycles. The van der Waals surface area contributed by atoms with Crippen LogP contribution in [-0.2, 0) is 0 Å². The molecular weight excluding hydrogens is 318 g/mol. The summed E-state index contributed by atoms with van der Waals surface area (Å²) in [5.41, 5.74) is 1.72. The Hall–Kier alpha value is -1.98. The highest BCUT2D eigenvalue weighted by molar-refractivity contribution is 7.18. The molecule has 3 rings (SSSR count). The molecule has 0 N–H and O–H groups in total. The zero-order valence-electron chi connectivity index (χ0n) is 12.4. The lowest BCUT2D eigenvalue weighted by Gasteiger charge is -2.03. The van der Waals surface area contributed by atoms with E-state index >= 15 is 0 Å². The highest BCUT2D eigenvalue weighted by Crippen LogP contribution is 2.26. The van der Waals surface area contributed by atoms with Crippen molar-refractivity contribution in [1.82, 2.24) is 9.66 Å². The van der Waals surface area contributed by atoms with Gasteiger partial charge in [-0.15, -0.1) is 11.3 Å². The van der Waals surface area contributed by atoms with Gasteiger partial charge in [-0.25, -0.2) is 4.98 Å². The van der Waals surface area contributed by atoms with Gasteiger partial charge in [-0.2, -0.15) is 9.78 Å². The van der Waals surface area contributed by atoms with Gasteiger partial charge in [0, 0.05) is 9.90 Å². The Morgan fingerprint density at radius 2 is 1.91 bits per heavy atom. The molecule has 4 nitrogen and oxygen atoms in total. The topological polar surface area (TPSA) is 47.2 Å². The molecule has 22 heavy (non-hydrogen) atoms. The van der Waals surface area contributed by atoms with Crippen molar-refractivity contribution in [3.63, 3.8) is 0 Å². The molecule has 3 aromatic rings. The highest BCUT2D eigenvalue weighted by Gasteiger charge is 2.13. The van der Waals surface area contributed by atoms with Crippen molar-refractivity contribution in [3.8, 4) is 0 Å². The molecule has 0 unspecified atom stereocenters. The summed E-state index contributed by atoms with van der Waals surface area (Å²) < 4.78 is 1.34. The fourth-order valence-corrected chi connectivity index (χ4v) is 3.39. The van der Waals surface area contributed by atoms with Gasteiger partial charge in [-0.1, -0.05) is 23.7 Å². The van der Waals surface area contributed by atoms with Gasteiger partial charge in [-0.05, 0) is 44.0 Å². The molecule has 0 fully saturated rings. The molecule has 0 aliphatic rings. The number of hydrogen-bond acceptors (Lipinski definition) is 4. The van der Waals surface area contributed by atoms with Crippen LogP contribution in [0.2, 0.25) is 5.02 Å². The number of fused-ring (bicyclic) bond motifs is 1. The van der Waals surface area contributed by atoms with E-state index in [1.165, 1.54) is 4.68 Å². The second kappa shape index (κ2) is 5.66. The van der Waals surface area contributed by atoms with E-state index in [0.717, 1.165) is 20.8 Å². The number of halogens is 1. The van der Waals surface area contributed by atoms with Gasteiger partial charge >= 0.3 is 0 Å². The van der Waals surface area contributed by atoms with Crippen LogP contribution in [0.3, 0.4) is 0 Å². The largest absolute Gasteiger partial charge is 0.283 e. The number of aromatic nitrogens is 2. The van der Waals surface area contributed by atoms with Crippen LogP contribution >= 0.6 is 22.9 Å². The number of thiophene rings is 1. The van der Waals surface area contributed by atoms with Gasteiger partial charge < -0.3 is 0 Å². The minimum Gasteiger partial charge on any atom is -0.267 e. The third-order valence-corrected chi connectivity index (χ3v) is 4.89. The highest BCUT2D eigenvalue weighted by atomic mass is 35.5. The molecule has 0 bridgehead atoms. The molecule has 0 saturated carbocycles. The first-order chi connectivity index (χ1) is 10.5. The van der Waals surface area contributed by atoms with Gasteiger partial charge in [0.05, 0.1) is 11.6 Å². The lowest BCUT2D eigenvalue weighted by atomic mass is 10.2. The number of rotatable bonds is 2. The Kier molecular flexibility index (Phi) is 3.85. The average Bonchev–Trinajstić information content (AvgIpc) is 2.75. The van der Waals surface area contributed by atoms with Crippen molar-refractivity contribution in [2.75, 3.05) is 0 Å². The van der Waals surface area contributed by atoms with Crippen molar-refractivity contribution in [1.29, 1.82) is 0 Å². The fraction of sp³-hybridized carbons (Fsp3) is 0.188. The van der Waals surface area contributed by atoms with Crippen LogP contribution in [-0.4, -0.2) is 15.9 Å². The van der Waals surface area contributed by atoms with Crippen molar-refractivity contribution >= 4 is 39.4 Å². The summed E-state index contributed by atoms with van der Waals surface area (Å²) in [6.07, 6.45) is 1.63. The van der Waals surface area contributed by atoms with Crippen molar-refractivity contribution in [2.24, 2.45) is 5.10 Å². The molecule has 112 valence electrons. The maximum atomic E-state index is 12.7. The summed E-state index contributed by atoms with van der Waals surface area (Å²) >= 11 is 7.40. The lowest BCUT2D eigenvalue weighted by Crippen LogP contribution is -2.20. The second-order valence-electron chi connectivity index (χ2n) is 5.04. The first kappa shape index (κ1) is 14.9. The van der Waals surface area contributed by atoms with Crippen molar-refractivity contribution in [2.45, 2.75) is 20.8 Å². The molecule has 1 aromatic carbocycles.